The molecule has 114 valence electrons. The second-order valence-corrected chi connectivity index (χ2v) is 4.83. The molecule has 2 aromatic rings. The minimum Gasteiger partial charge on any atom is -0.497 e. The van der Waals surface area contributed by atoms with E-state index >= 15 is 0 Å². The summed E-state index contributed by atoms with van der Waals surface area (Å²) in [4.78, 5) is 22.4. The first-order valence-corrected chi connectivity index (χ1v) is 6.67. The highest BCUT2D eigenvalue weighted by atomic mass is 16.6. The van der Waals surface area contributed by atoms with Crippen molar-refractivity contribution in [2.24, 2.45) is 0 Å². The molecule has 0 aliphatic carbocycles. The van der Waals surface area contributed by atoms with E-state index in [1.807, 2.05) is 6.07 Å². The van der Waals surface area contributed by atoms with E-state index in [2.05, 4.69) is 5.32 Å². The molecule has 0 bridgehead atoms. The van der Waals surface area contributed by atoms with Gasteiger partial charge in [-0.15, -0.1) is 0 Å². The maximum absolute atomic E-state index is 12.1. The summed E-state index contributed by atoms with van der Waals surface area (Å²) in [6, 6.07) is 11.6. The van der Waals surface area contributed by atoms with Crippen molar-refractivity contribution < 1.29 is 14.5 Å². The maximum atomic E-state index is 12.1. The minimum absolute atomic E-state index is 0.0534. The van der Waals surface area contributed by atoms with Gasteiger partial charge >= 0.3 is 0 Å². The lowest BCUT2D eigenvalue weighted by molar-refractivity contribution is -0.384. The van der Waals surface area contributed by atoms with Crippen LogP contribution in [0, 0.1) is 17.0 Å². The summed E-state index contributed by atoms with van der Waals surface area (Å²) in [5.41, 5.74) is 1.97. The van der Waals surface area contributed by atoms with Gasteiger partial charge in [0.1, 0.15) is 5.75 Å². The van der Waals surface area contributed by atoms with E-state index < -0.39 is 4.92 Å². The molecular formula is C16H16N2O4. The van der Waals surface area contributed by atoms with Crippen LogP contribution in [-0.4, -0.2) is 17.9 Å². The number of nitrogens with one attached hydrogen (secondary N) is 1. The molecule has 2 aromatic carbocycles. The summed E-state index contributed by atoms with van der Waals surface area (Å²) < 4.78 is 5.11. The highest BCUT2D eigenvalue weighted by Gasteiger charge is 2.11. The molecule has 0 aromatic heterocycles. The number of hydrogen-bond acceptors (Lipinski definition) is 4. The number of nitrogens with zero attached hydrogens (tertiary/aromatic N) is 1. The van der Waals surface area contributed by atoms with Gasteiger partial charge in [-0.05, 0) is 30.2 Å². The van der Waals surface area contributed by atoms with E-state index in [0.29, 0.717) is 11.4 Å². The Bertz CT molecular complexity index is 713. The van der Waals surface area contributed by atoms with Crippen molar-refractivity contribution in [3.63, 3.8) is 0 Å². The van der Waals surface area contributed by atoms with Gasteiger partial charge in [0, 0.05) is 12.1 Å². The monoisotopic (exact) mass is 300 g/mol. The molecule has 6 nitrogen and oxygen atoms in total. The summed E-state index contributed by atoms with van der Waals surface area (Å²) in [6.07, 6.45) is 0.166. The Morgan fingerprint density at radius 2 is 2.05 bits per heavy atom. The summed E-state index contributed by atoms with van der Waals surface area (Å²) >= 11 is 0. The fraction of sp³-hybridized carbons (Fsp3) is 0.188. The molecule has 6 heteroatoms. The first-order valence-electron chi connectivity index (χ1n) is 6.67. The first-order chi connectivity index (χ1) is 10.5. The van der Waals surface area contributed by atoms with E-state index in [1.165, 1.54) is 12.1 Å². The molecule has 2 rings (SSSR count). The number of ether oxygens (including phenoxy) is 1. The molecule has 0 heterocycles. The van der Waals surface area contributed by atoms with Gasteiger partial charge in [0.15, 0.2) is 0 Å². The van der Waals surface area contributed by atoms with Gasteiger partial charge in [-0.3, -0.25) is 14.9 Å². The molecule has 0 saturated heterocycles. The zero-order valence-corrected chi connectivity index (χ0v) is 12.3. The average Bonchev–Trinajstić information content (AvgIpc) is 2.49. The van der Waals surface area contributed by atoms with Crippen LogP contribution in [0.4, 0.5) is 11.4 Å². The number of nitro benzene ring substituents is 1. The highest BCUT2D eigenvalue weighted by molar-refractivity contribution is 5.93. The fourth-order valence-electron chi connectivity index (χ4n) is 2.02. The van der Waals surface area contributed by atoms with Crippen LogP contribution in [-0.2, 0) is 11.2 Å². The fourth-order valence-corrected chi connectivity index (χ4v) is 2.02. The quantitative estimate of drug-likeness (QED) is 0.679. The van der Waals surface area contributed by atoms with E-state index in [4.69, 9.17) is 4.74 Å². The first kappa shape index (κ1) is 15.5. The molecular weight excluding hydrogens is 284 g/mol. The SMILES string of the molecule is COc1cccc(CC(=O)Nc2cc([N+](=O)[O-])ccc2C)c1. The summed E-state index contributed by atoms with van der Waals surface area (Å²) in [6.45, 7) is 1.78. The van der Waals surface area contributed by atoms with Crippen LogP contribution in [0.1, 0.15) is 11.1 Å². The number of amides is 1. The molecule has 0 saturated carbocycles. The van der Waals surface area contributed by atoms with Crippen molar-refractivity contribution in [3.05, 3.63) is 63.7 Å². The van der Waals surface area contributed by atoms with Gasteiger partial charge in [-0.2, -0.15) is 0 Å². The normalized spacial score (nSPS) is 10.1. The lowest BCUT2D eigenvalue weighted by Crippen LogP contribution is -2.15. The Morgan fingerprint density at radius 3 is 2.73 bits per heavy atom. The van der Waals surface area contributed by atoms with Gasteiger partial charge in [-0.25, -0.2) is 0 Å². The largest absolute Gasteiger partial charge is 0.497 e. The number of methoxy groups -OCH3 is 1. The number of non-ortho nitro benzene ring substituents is 1. The highest BCUT2D eigenvalue weighted by Crippen LogP contribution is 2.22. The van der Waals surface area contributed by atoms with Crippen LogP contribution >= 0.6 is 0 Å². The van der Waals surface area contributed by atoms with Crippen LogP contribution < -0.4 is 10.1 Å². The van der Waals surface area contributed by atoms with Gasteiger partial charge in [-0.1, -0.05) is 18.2 Å². The predicted octanol–water partition coefficient (Wildman–Crippen LogP) is 3.09. The number of nitro groups is 1. The number of carbonyl (C=O) groups is 1. The number of rotatable bonds is 5. The Balaban J connectivity index is 2.11. The van der Waals surface area contributed by atoms with Crippen molar-refractivity contribution in [2.45, 2.75) is 13.3 Å². The van der Waals surface area contributed by atoms with Crippen LogP contribution in [0.2, 0.25) is 0 Å². The number of aryl methyl sites for hydroxylation is 1. The molecule has 22 heavy (non-hydrogen) atoms. The Hall–Kier alpha value is -2.89. The van der Waals surface area contributed by atoms with Crippen molar-refractivity contribution in [1.82, 2.24) is 0 Å². The van der Waals surface area contributed by atoms with Gasteiger partial charge < -0.3 is 10.1 Å². The van der Waals surface area contributed by atoms with Gasteiger partial charge in [0.2, 0.25) is 5.91 Å². The van der Waals surface area contributed by atoms with Crippen molar-refractivity contribution in [2.75, 3.05) is 12.4 Å². The lowest BCUT2D eigenvalue weighted by Gasteiger charge is -2.09. The maximum Gasteiger partial charge on any atom is 0.271 e. The van der Waals surface area contributed by atoms with Crippen LogP contribution in [0.25, 0.3) is 0 Å². The third-order valence-corrected chi connectivity index (χ3v) is 3.20. The summed E-state index contributed by atoms with van der Waals surface area (Å²) in [5, 5.41) is 13.5. The zero-order valence-electron chi connectivity index (χ0n) is 12.3. The van der Waals surface area contributed by atoms with Gasteiger partial charge in [0.25, 0.3) is 5.69 Å². The third-order valence-electron chi connectivity index (χ3n) is 3.20. The standard InChI is InChI=1S/C16H16N2O4/c1-11-6-7-13(18(20)21)10-15(11)17-16(19)9-12-4-3-5-14(8-12)22-2/h3-8,10H,9H2,1-2H3,(H,17,19). The van der Waals surface area contributed by atoms with Crippen molar-refractivity contribution in [1.29, 1.82) is 0 Å². The van der Waals surface area contributed by atoms with Gasteiger partial charge in [0.05, 0.1) is 24.1 Å². The number of anilines is 1. The predicted molar refractivity (Wildman–Crippen MR) is 83.2 cm³/mol. The van der Waals surface area contributed by atoms with Crippen LogP contribution in [0.5, 0.6) is 5.75 Å². The number of hydrogen-bond donors (Lipinski definition) is 1. The third kappa shape index (κ3) is 3.82. The van der Waals surface area contributed by atoms with Crippen LogP contribution in [0.15, 0.2) is 42.5 Å². The Morgan fingerprint density at radius 1 is 1.27 bits per heavy atom. The second-order valence-electron chi connectivity index (χ2n) is 4.83. The van der Waals surface area contributed by atoms with Crippen LogP contribution in [0.3, 0.4) is 0 Å². The minimum atomic E-state index is -0.489. The lowest BCUT2D eigenvalue weighted by atomic mass is 10.1. The van der Waals surface area contributed by atoms with Crippen molar-refractivity contribution >= 4 is 17.3 Å². The summed E-state index contributed by atoms with van der Waals surface area (Å²) in [7, 11) is 1.56. The zero-order chi connectivity index (χ0) is 16.1. The molecule has 0 atom stereocenters. The molecule has 0 aliphatic rings. The molecule has 1 N–H and O–H groups in total. The Kier molecular flexibility index (Phi) is 4.73. The van der Waals surface area contributed by atoms with Crippen molar-refractivity contribution in [3.8, 4) is 5.75 Å². The second kappa shape index (κ2) is 6.71. The average molecular weight is 300 g/mol. The Labute approximate surface area is 127 Å². The molecule has 0 fully saturated rings. The molecule has 0 spiro atoms. The molecule has 1 amide bonds. The molecule has 0 aliphatic heterocycles. The molecule has 0 radical (unpaired) electrons. The van der Waals surface area contributed by atoms with E-state index in [0.717, 1.165) is 11.1 Å². The van der Waals surface area contributed by atoms with E-state index in [-0.39, 0.29) is 18.0 Å². The smallest absolute Gasteiger partial charge is 0.271 e. The summed E-state index contributed by atoms with van der Waals surface area (Å²) in [5.74, 6) is 0.439. The topological polar surface area (TPSA) is 81.5 Å². The molecule has 0 unspecified atom stereocenters. The number of benzene rings is 2. The van der Waals surface area contributed by atoms with E-state index in [1.54, 1.807) is 38.3 Å². The van der Waals surface area contributed by atoms with E-state index in [9.17, 15) is 14.9 Å². The number of carbonyl (C=O) groups excluding carboxylic acids is 1.